The Balaban J connectivity index is 2.38. The quantitative estimate of drug-likeness (QED) is 0.884. The SMILES string of the molecule is O=C(O)C1(NS(=O)(=O)c2cc(Cl)cc(Cl)c2)CCCC1. The maximum absolute atomic E-state index is 12.3. The number of rotatable bonds is 4. The minimum atomic E-state index is -3.99. The van der Waals surface area contributed by atoms with Gasteiger partial charge in [0.25, 0.3) is 0 Å². The molecule has 20 heavy (non-hydrogen) atoms. The first-order valence-electron chi connectivity index (χ1n) is 5.99. The first kappa shape index (κ1) is 15.6. The van der Waals surface area contributed by atoms with Crippen LogP contribution in [-0.2, 0) is 14.8 Å². The molecule has 0 aromatic heterocycles. The van der Waals surface area contributed by atoms with Crippen molar-refractivity contribution in [2.75, 3.05) is 0 Å². The van der Waals surface area contributed by atoms with Crippen LogP contribution in [0.15, 0.2) is 23.1 Å². The van der Waals surface area contributed by atoms with E-state index in [2.05, 4.69) is 4.72 Å². The molecule has 0 saturated heterocycles. The lowest BCUT2D eigenvalue weighted by atomic mass is 10.0. The van der Waals surface area contributed by atoms with E-state index in [-0.39, 0.29) is 27.8 Å². The second-order valence-corrected chi connectivity index (χ2v) is 7.36. The van der Waals surface area contributed by atoms with E-state index in [0.29, 0.717) is 12.8 Å². The van der Waals surface area contributed by atoms with Gasteiger partial charge in [-0.1, -0.05) is 36.0 Å². The van der Waals surface area contributed by atoms with E-state index in [1.165, 1.54) is 18.2 Å². The van der Waals surface area contributed by atoms with E-state index >= 15 is 0 Å². The molecule has 5 nitrogen and oxygen atoms in total. The highest BCUT2D eigenvalue weighted by molar-refractivity contribution is 7.89. The molecule has 2 N–H and O–H groups in total. The van der Waals surface area contributed by atoms with E-state index in [1.54, 1.807) is 0 Å². The van der Waals surface area contributed by atoms with Crippen LogP contribution in [-0.4, -0.2) is 25.0 Å². The predicted molar refractivity (Wildman–Crippen MR) is 75.6 cm³/mol. The normalized spacial score (nSPS) is 18.1. The van der Waals surface area contributed by atoms with Crippen LogP contribution in [0.4, 0.5) is 0 Å². The van der Waals surface area contributed by atoms with E-state index in [4.69, 9.17) is 23.2 Å². The number of carboxylic acids is 1. The fraction of sp³-hybridized carbons (Fsp3) is 0.417. The molecule has 1 saturated carbocycles. The maximum atomic E-state index is 12.3. The van der Waals surface area contributed by atoms with Gasteiger partial charge in [-0.25, -0.2) is 8.42 Å². The molecule has 0 amide bonds. The highest BCUT2D eigenvalue weighted by Crippen LogP contribution is 2.32. The fourth-order valence-electron chi connectivity index (χ4n) is 2.34. The highest BCUT2D eigenvalue weighted by atomic mass is 35.5. The Bertz CT molecular complexity index is 619. The average Bonchev–Trinajstić information content (AvgIpc) is 2.76. The van der Waals surface area contributed by atoms with Crippen LogP contribution in [0.2, 0.25) is 10.0 Å². The molecule has 8 heteroatoms. The molecular formula is C12H13Cl2NO4S. The topological polar surface area (TPSA) is 83.5 Å². The van der Waals surface area contributed by atoms with Crippen molar-refractivity contribution in [1.82, 2.24) is 4.72 Å². The summed E-state index contributed by atoms with van der Waals surface area (Å²) in [5.41, 5.74) is -1.44. The van der Waals surface area contributed by atoms with Crippen LogP contribution in [0, 0.1) is 0 Å². The molecule has 0 spiro atoms. The molecule has 1 aliphatic carbocycles. The summed E-state index contributed by atoms with van der Waals surface area (Å²) in [6, 6.07) is 3.88. The molecule has 0 unspecified atom stereocenters. The summed E-state index contributed by atoms with van der Waals surface area (Å²) >= 11 is 11.6. The summed E-state index contributed by atoms with van der Waals surface area (Å²) in [7, 11) is -3.99. The predicted octanol–water partition coefficient (Wildman–Crippen LogP) is 2.67. The first-order chi connectivity index (χ1) is 9.25. The molecule has 0 heterocycles. The Labute approximate surface area is 126 Å². The van der Waals surface area contributed by atoms with Gasteiger partial charge in [-0.05, 0) is 31.0 Å². The average molecular weight is 338 g/mol. The molecule has 2 rings (SSSR count). The van der Waals surface area contributed by atoms with Gasteiger partial charge in [-0.3, -0.25) is 4.79 Å². The summed E-state index contributed by atoms with van der Waals surface area (Å²) in [5.74, 6) is -1.16. The molecule has 0 aliphatic heterocycles. The van der Waals surface area contributed by atoms with Crippen molar-refractivity contribution in [2.45, 2.75) is 36.1 Å². The largest absolute Gasteiger partial charge is 0.480 e. The summed E-state index contributed by atoms with van der Waals surface area (Å²) in [5, 5.41) is 9.65. The van der Waals surface area contributed by atoms with Crippen molar-refractivity contribution in [2.24, 2.45) is 0 Å². The van der Waals surface area contributed by atoms with E-state index < -0.39 is 21.5 Å². The van der Waals surface area contributed by atoms with Crippen LogP contribution < -0.4 is 4.72 Å². The number of nitrogens with one attached hydrogen (secondary N) is 1. The van der Waals surface area contributed by atoms with Gasteiger partial charge in [0.1, 0.15) is 5.54 Å². The van der Waals surface area contributed by atoms with Crippen molar-refractivity contribution in [1.29, 1.82) is 0 Å². The second kappa shape index (κ2) is 5.52. The Kier molecular flexibility index (Phi) is 4.30. The minimum Gasteiger partial charge on any atom is -0.480 e. The summed E-state index contributed by atoms with van der Waals surface area (Å²) in [6.45, 7) is 0. The number of hydrogen-bond acceptors (Lipinski definition) is 3. The lowest BCUT2D eigenvalue weighted by Gasteiger charge is -2.25. The zero-order chi connectivity index (χ0) is 15.0. The third-order valence-corrected chi connectivity index (χ3v) is 5.29. The monoisotopic (exact) mass is 337 g/mol. The smallest absolute Gasteiger partial charge is 0.324 e. The summed E-state index contributed by atoms with van der Waals surface area (Å²) < 4.78 is 26.9. The number of sulfonamides is 1. The number of aliphatic carboxylic acids is 1. The van der Waals surface area contributed by atoms with Gasteiger partial charge in [-0.2, -0.15) is 4.72 Å². The molecule has 1 fully saturated rings. The van der Waals surface area contributed by atoms with Crippen molar-refractivity contribution in [3.63, 3.8) is 0 Å². The minimum absolute atomic E-state index is 0.137. The molecule has 0 bridgehead atoms. The van der Waals surface area contributed by atoms with Crippen molar-refractivity contribution in [3.05, 3.63) is 28.2 Å². The fourth-order valence-corrected chi connectivity index (χ4v) is 4.48. The van der Waals surface area contributed by atoms with Crippen molar-refractivity contribution in [3.8, 4) is 0 Å². The number of benzene rings is 1. The van der Waals surface area contributed by atoms with Crippen LogP contribution >= 0.6 is 23.2 Å². The standard InChI is InChI=1S/C12H13Cl2NO4S/c13-8-5-9(14)7-10(6-8)20(18,19)15-12(11(16)17)3-1-2-4-12/h5-7,15H,1-4H2,(H,16,17). The second-order valence-electron chi connectivity index (χ2n) is 4.81. The molecule has 1 aromatic carbocycles. The summed E-state index contributed by atoms with van der Waals surface area (Å²) in [6.07, 6.45) is 1.89. The Hall–Kier alpha value is -0.820. The van der Waals surface area contributed by atoms with Gasteiger partial charge in [0.15, 0.2) is 0 Å². The zero-order valence-corrected chi connectivity index (χ0v) is 12.7. The first-order valence-corrected chi connectivity index (χ1v) is 8.23. The van der Waals surface area contributed by atoms with Crippen LogP contribution in [0.25, 0.3) is 0 Å². The third kappa shape index (κ3) is 3.09. The molecule has 0 radical (unpaired) electrons. The van der Waals surface area contributed by atoms with Gasteiger partial charge in [0.2, 0.25) is 10.0 Å². The maximum Gasteiger partial charge on any atom is 0.324 e. The zero-order valence-electron chi connectivity index (χ0n) is 10.4. The van der Waals surface area contributed by atoms with Gasteiger partial charge in [0, 0.05) is 10.0 Å². The molecule has 1 aliphatic rings. The third-order valence-electron chi connectivity index (χ3n) is 3.34. The lowest BCUT2D eigenvalue weighted by Crippen LogP contribution is -2.52. The number of carbonyl (C=O) groups is 1. The van der Waals surface area contributed by atoms with E-state index in [1.807, 2.05) is 0 Å². The lowest BCUT2D eigenvalue weighted by molar-refractivity contribution is -0.143. The van der Waals surface area contributed by atoms with Gasteiger partial charge in [-0.15, -0.1) is 0 Å². The molecule has 110 valence electrons. The molecule has 0 atom stereocenters. The Morgan fingerprint density at radius 1 is 1.15 bits per heavy atom. The molecule has 1 aromatic rings. The Morgan fingerprint density at radius 2 is 1.65 bits per heavy atom. The number of hydrogen-bond donors (Lipinski definition) is 2. The Morgan fingerprint density at radius 3 is 2.10 bits per heavy atom. The van der Waals surface area contributed by atoms with Gasteiger partial charge in [0.05, 0.1) is 4.90 Å². The van der Waals surface area contributed by atoms with E-state index in [0.717, 1.165) is 0 Å². The van der Waals surface area contributed by atoms with Crippen LogP contribution in [0.1, 0.15) is 25.7 Å². The number of carboxylic acid groups (broad SMARTS) is 1. The van der Waals surface area contributed by atoms with Crippen LogP contribution in [0.5, 0.6) is 0 Å². The van der Waals surface area contributed by atoms with Crippen LogP contribution in [0.3, 0.4) is 0 Å². The van der Waals surface area contributed by atoms with Crippen molar-refractivity contribution >= 4 is 39.2 Å². The van der Waals surface area contributed by atoms with Gasteiger partial charge < -0.3 is 5.11 Å². The van der Waals surface area contributed by atoms with Gasteiger partial charge >= 0.3 is 5.97 Å². The molecular weight excluding hydrogens is 325 g/mol. The number of halogens is 2. The summed E-state index contributed by atoms with van der Waals surface area (Å²) in [4.78, 5) is 11.3. The highest BCUT2D eigenvalue weighted by Gasteiger charge is 2.44. The van der Waals surface area contributed by atoms with E-state index in [9.17, 15) is 18.3 Å². The van der Waals surface area contributed by atoms with Crippen molar-refractivity contribution < 1.29 is 18.3 Å².